The molecule has 2 aromatic rings. The van der Waals surface area contributed by atoms with Crippen molar-refractivity contribution in [3.05, 3.63) is 58.5 Å². The predicted octanol–water partition coefficient (Wildman–Crippen LogP) is 4.04. The summed E-state index contributed by atoms with van der Waals surface area (Å²) in [5, 5.41) is 11.1. The molecule has 0 spiro atoms. The molecule has 2 atom stereocenters. The fraction of sp³-hybridized carbons (Fsp3) is 0.522. The molecule has 1 aromatic carbocycles. The summed E-state index contributed by atoms with van der Waals surface area (Å²) < 4.78 is 7.00. The van der Waals surface area contributed by atoms with E-state index in [1.165, 1.54) is 17.1 Å². The number of unbranched alkanes of at least 4 members (excludes halogenated alkanes) is 3. The maximum absolute atomic E-state index is 13.5. The highest BCUT2D eigenvalue weighted by Crippen LogP contribution is 2.27. The minimum Gasteiger partial charge on any atom is -0.459 e. The average Bonchev–Trinajstić information content (AvgIpc) is 3.48. The summed E-state index contributed by atoms with van der Waals surface area (Å²) >= 11 is 0. The molecule has 9 nitrogen and oxygen atoms in total. The van der Waals surface area contributed by atoms with Crippen LogP contribution < -0.4 is 0 Å². The number of aromatic nitrogens is 2. The zero-order valence-corrected chi connectivity index (χ0v) is 18.4. The van der Waals surface area contributed by atoms with Gasteiger partial charge in [0, 0.05) is 6.54 Å². The van der Waals surface area contributed by atoms with Gasteiger partial charge in [0.15, 0.2) is 0 Å². The largest absolute Gasteiger partial charge is 0.459 e. The van der Waals surface area contributed by atoms with Crippen LogP contribution in [0.4, 0.5) is 5.82 Å². The fourth-order valence-corrected chi connectivity index (χ4v) is 4.05. The lowest BCUT2D eigenvalue weighted by Crippen LogP contribution is -2.44. The summed E-state index contributed by atoms with van der Waals surface area (Å²) in [6, 6.07) is 8.14. The highest BCUT2D eigenvalue weighted by atomic mass is 16.6. The number of rotatable bonds is 11. The van der Waals surface area contributed by atoms with Crippen molar-refractivity contribution in [3.8, 4) is 0 Å². The Morgan fingerprint density at radius 3 is 2.72 bits per heavy atom. The van der Waals surface area contributed by atoms with Crippen LogP contribution in [0.15, 0.2) is 42.9 Å². The number of hydrogen-bond donors (Lipinski definition) is 0. The molecule has 172 valence electrons. The monoisotopic (exact) mass is 442 g/mol. The van der Waals surface area contributed by atoms with Crippen LogP contribution in [0.2, 0.25) is 0 Å². The summed E-state index contributed by atoms with van der Waals surface area (Å²) in [6.07, 6.45) is 8.33. The number of imidazole rings is 1. The Balaban J connectivity index is 1.70. The topological polar surface area (TPSA) is 108 Å². The van der Waals surface area contributed by atoms with Crippen molar-refractivity contribution < 1.29 is 19.2 Å². The van der Waals surface area contributed by atoms with Gasteiger partial charge in [-0.1, -0.05) is 62.9 Å². The van der Waals surface area contributed by atoms with E-state index in [1.54, 1.807) is 4.90 Å². The van der Waals surface area contributed by atoms with Crippen molar-refractivity contribution in [3.63, 3.8) is 0 Å². The van der Waals surface area contributed by atoms with Crippen LogP contribution in [0.3, 0.4) is 0 Å². The van der Waals surface area contributed by atoms with Crippen LogP contribution in [0, 0.1) is 10.1 Å². The first-order valence-corrected chi connectivity index (χ1v) is 11.2. The number of carbonyl (C=O) groups is 2. The van der Waals surface area contributed by atoms with Crippen molar-refractivity contribution in [2.24, 2.45) is 0 Å². The highest BCUT2D eigenvalue weighted by Gasteiger charge is 2.39. The number of likely N-dealkylation sites (tertiary alicyclic amines) is 1. The van der Waals surface area contributed by atoms with Crippen molar-refractivity contribution >= 4 is 17.7 Å². The van der Waals surface area contributed by atoms with E-state index in [4.69, 9.17) is 4.74 Å². The van der Waals surface area contributed by atoms with Crippen molar-refractivity contribution in [1.29, 1.82) is 0 Å². The van der Waals surface area contributed by atoms with Crippen LogP contribution >= 0.6 is 0 Å². The molecule has 1 unspecified atom stereocenters. The van der Waals surface area contributed by atoms with Crippen LogP contribution in [-0.2, 0) is 20.9 Å². The Kier molecular flexibility index (Phi) is 8.35. The zero-order chi connectivity index (χ0) is 22.9. The van der Waals surface area contributed by atoms with Crippen LogP contribution in [0.1, 0.15) is 63.5 Å². The summed E-state index contributed by atoms with van der Waals surface area (Å²) in [5.41, 5.74) is 0.885. The van der Waals surface area contributed by atoms with Gasteiger partial charge in [-0.05, 0) is 34.7 Å². The molecular weight excluding hydrogens is 412 g/mol. The molecule has 0 N–H and O–H groups in total. The molecule has 1 aromatic heterocycles. The summed E-state index contributed by atoms with van der Waals surface area (Å²) in [4.78, 5) is 42.1. The number of nitrogens with zero attached hydrogens (tertiary/aromatic N) is 4. The SMILES string of the molecule is CCCCCCC(C(=O)N1CCC[C@H]1C(=O)OCc1ccccc1)n1cnc([N+](=O)[O-])c1. The molecule has 1 fully saturated rings. The summed E-state index contributed by atoms with van der Waals surface area (Å²) in [7, 11) is 0. The second kappa shape index (κ2) is 11.4. The predicted molar refractivity (Wildman–Crippen MR) is 118 cm³/mol. The quantitative estimate of drug-likeness (QED) is 0.225. The van der Waals surface area contributed by atoms with Crippen LogP contribution in [0.5, 0.6) is 0 Å². The van der Waals surface area contributed by atoms with Crippen molar-refractivity contribution in [2.45, 2.75) is 70.6 Å². The maximum Gasteiger partial charge on any atom is 0.381 e. The normalized spacial score (nSPS) is 16.7. The molecule has 0 radical (unpaired) electrons. The van der Waals surface area contributed by atoms with Crippen molar-refractivity contribution in [1.82, 2.24) is 14.5 Å². The molecule has 1 amide bonds. The first-order valence-electron chi connectivity index (χ1n) is 11.2. The number of ether oxygens (including phenoxy) is 1. The van der Waals surface area contributed by atoms with Crippen LogP contribution in [-0.4, -0.2) is 43.8 Å². The molecule has 2 heterocycles. The molecule has 0 bridgehead atoms. The maximum atomic E-state index is 13.5. The van der Waals surface area contributed by atoms with Crippen molar-refractivity contribution in [2.75, 3.05) is 6.54 Å². The van der Waals surface area contributed by atoms with E-state index in [0.717, 1.165) is 31.2 Å². The minimum absolute atomic E-state index is 0.159. The highest BCUT2D eigenvalue weighted by molar-refractivity contribution is 5.87. The van der Waals surface area contributed by atoms with Gasteiger partial charge in [-0.15, -0.1) is 0 Å². The lowest BCUT2D eigenvalue weighted by atomic mass is 10.1. The zero-order valence-electron chi connectivity index (χ0n) is 18.4. The number of hydrogen-bond acceptors (Lipinski definition) is 6. The lowest BCUT2D eigenvalue weighted by Gasteiger charge is -2.28. The molecule has 0 aliphatic carbocycles. The third kappa shape index (κ3) is 5.93. The van der Waals surface area contributed by atoms with E-state index in [9.17, 15) is 19.7 Å². The van der Waals surface area contributed by atoms with E-state index >= 15 is 0 Å². The molecular formula is C23H30N4O5. The van der Waals surface area contributed by atoms with Crippen LogP contribution in [0.25, 0.3) is 0 Å². The molecule has 3 rings (SSSR count). The standard InChI is InChI=1S/C23H30N4O5/c1-2-3-4-8-12-19(25-15-21(24-17-25)27(30)31)22(28)26-14-9-13-20(26)23(29)32-16-18-10-6-5-7-11-18/h5-7,10-11,15,17,19-20H,2-4,8-9,12-14,16H2,1H3/t19?,20-/m0/s1. The third-order valence-corrected chi connectivity index (χ3v) is 5.78. The summed E-state index contributed by atoms with van der Waals surface area (Å²) in [5.74, 6) is -0.925. The third-order valence-electron chi connectivity index (χ3n) is 5.78. The number of carbonyl (C=O) groups excluding carboxylic acids is 2. The Morgan fingerprint density at radius 2 is 2.03 bits per heavy atom. The number of benzene rings is 1. The van der Waals surface area contributed by atoms with E-state index in [0.29, 0.717) is 25.8 Å². The first kappa shape index (κ1) is 23.4. The molecule has 0 saturated carbocycles. The minimum atomic E-state index is -0.636. The van der Waals surface area contributed by atoms with Gasteiger partial charge >= 0.3 is 11.8 Å². The van der Waals surface area contributed by atoms with E-state index < -0.39 is 23.0 Å². The average molecular weight is 443 g/mol. The number of amides is 1. The second-order valence-corrected chi connectivity index (χ2v) is 8.08. The van der Waals surface area contributed by atoms with Gasteiger partial charge in [0.2, 0.25) is 12.2 Å². The van der Waals surface area contributed by atoms with Gasteiger partial charge in [-0.3, -0.25) is 9.36 Å². The Hall–Kier alpha value is -3.23. The Morgan fingerprint density at radius 1 is 1.25 bits per heavy atom. The van der Waals surface area contributed by atoms with E-state index in [-0.39, 0.29) is 18.3 Å². The lowest BCUT2D eigenvalue weighted by molar-refractivity contribution is -0.389. The van der Waals surface area contributed by atoms with Gasteiger partial charge in [0.25, 0.3) is 0 Å². The Labute approximate surface area is 187 Å². The number of esters is 1. The smallest absolute Gasteiger partial charge is 0.381 e. The molecule has 1 saturated heterocycles. The van der Waals surface area contributed by atoms with Gasteiger partial charge < -0.3 is 19.8 Å². The number of nitro groups is 1. The van der Waals surface area contributed by atoms with Gasteiger partial charge in [0.05, 0.1) is 0 Å². The van der Waals surface area contributed by atoms with Gasteiger partial charge in [-0.2, -0.15) is 0 Å². The molecule has 1 aliphatic heterocycles. The second-order valence-electron chi connectivity index (χ2n) is 8.08. The molecule has 9 heteroatoms. The first-order chi connectivity index (χ1) is 15.5. The van der Waals surface area contributed by atoms with Gasteiger partial charge in [-0.25, -0.2) is 4.79 Å². The van der Waals surface area contributed by atoms with Gasteiger partial charge in [0.1, 0.15) is 24.9 Å². The van der Waals surface area contributed by atoms with E-state index in [2.05, 4.69) is 11.9 Å². The molecule has 1 aliphatic rings. The molecule has 32 heavy (non-hydrogen) atoms. The fourth-order valence-electron chi connectivity index (χ4n) is 4.05. The van der Waals surface area contributed by atoms with E-state index in [1.807, 2.05) is 30.3 Å². The summed E-state index contributed by atoms with van der Waals surface area (Å²) in [6.45, 7) is 2.73. The Bertz CT molecular complexity index is 914.